The van der Waals surface area contributed by atoms with Gasteiger partial charge < -0.3 is 4.90 Å². The van der Waals surface area contributed by atoms with Crippen molar-refractivity contribution in [2.75, 3.05) is 30.3 Å². The number of hydrogen-bond acceptors (Lipinski definition) is 8. The highest BCUT2D eigenvalue weighted by atomic mass is 32.2. The van der Waals surface area contributed by atoms with Crippen LogP contribution in [0.4, 0.5) is 10.8 Å². The summed E-state index contributed by atoms with van der Waals surface area (Å²) in [4.78, 5) is 17.7. The zero-order valence-electron chi connectivity index (χ0n) is 25.0. The molecule has 1 saturated heterocycles. The number of rotatable bonds is 20. The van der Waals surface area contributed by atoms with Crippen molar-refractivity contribution in [3.63, 3.8) is 0 Å². The molecule has 9 nitrogen and oxygen atoms in total. The fourth-order valence-corrected chi connectivity index (χ4v) is 7.96. The molecule has 41 heavy (non-hydrogen) atoms. The Hall–Kier alpha value is -2.11. The molecule has 1 fully saturated rings. The zero-order valence-corrected chi connectivity index (χ0v) is 26.6. The van der Waals surface area contributed by atoms with Crippen molar-refractivity contribution in [3.8, 4) is 0 Å². The molecule has 1 aromatic heterocycles. The largest absolute Gasteiger partial charge is 0.342 e. The molecule has 1 atom stereocenters. The summed E-state index contributed by atoms with van der Waals surface area (Å²) in [5.74, 6) is 0.760. The summed E-state index contributed by atoms with van der Waals surface area (Å²) >= 11 is 1.26. The van der Waals surface area contributed by atoms with Gasteiger partial charge in [0.1, 0.15) is 5.82 Å². The van der Waals surface area contributed by atoms with Crippen LogP contribution in [0, 0.1) is 10.1 Å². The van der Waals surface area contributed by atoms with Crippen molar-refractivity contribution in [1.29, 1.82) is 0 Å². The summed E-state index contributed by atoms with van der Waals surface area (Å²) < 4.78 is 32.1. The second-order valence-electron chi connectivity index (χ2n) is 11.4. The van der Waals surface area contributed by atoms with E-state index in [2.05, 4.69) is 21.2 Å². The van der Waals surface area contributed by atoms with Crippen LogP contribution in [0.5, 0.6) is 0 Å². The lowest BCUT2D eigenvalue weighted by Crippen LogP contribution is -2.54. The second-order valence-corrected chi connectivity index (χ2v) is 14.2. The summed E-state index contributed by atoms with van der Waals surface area (Å²) in [6.45, 7) is 5.69. The van der Waals surface area contributed by atoms with Crippen molar-refractivity contribution in [2.45, 2.75) is 116 Å². The molecule has 0 N–H and O–H groups in total. The fraction of sp³-hybridized carbons (Fsp3) is 0.733. The van der Waals surface area contributed by atoms with Gasteiger partial charge in [0, 0.05) is 55.3 Å². The topological polar surface area (TPSA) is 110 Å². The van der Waals surface area contributed by atoms with Crippen LogP contribution in [-0.4, -0.2) is 58.4 Å². The van der Waals surface area contributed by atoms with E-state index in [1.54, 1.807) is 22.5 Å². The highest BCUT2D eigenvalue weighted by molar-refractivity contribution is 7.89. The maximum Gasteiger partial charge on any atom is 0.273 e. The Morgan fingerprint density at radius 3 is 2.10 bits per heavy atom. The Morgan fingerprint density at radius 1 is 0.927 bits per heavy atom. The summed E-state index contributed by atoms with van der Waals surface area (Å²) in [5, 5.41) is 12.1. The summed E-state index contributed by atoms with van der Waals surface area (Å²) in [5.41, 5.74) is 0.643. The molecule has 230 valence electrons. The van der Waals surface area contributed by atoms with Crippen molar-refractivity contribution < 1.29 is 13.3 Å². The van der Waals surface area contributed by atoms with Gasteiger partial charge in [-0.2, -0.15) is 8.68 Å². The standard InChI is InChI=1S/C30H49N5O4S2/c1-3-4-5-6-7-8-9-10-11-12-13-14-15-18-23-41(38,39)33-21-22-34(26(2)25-33)30-31-29(32-40-30)24-27-19-16-17-20-28(27)35(36)37/h16-17,19-20,26H,3-15,18,21-25H2,1-2H3. The number of aromatic nitrogens is 2. The van der Waals surface area contributed by atoms with Crippen molar-refractivity contribution in [2.24, 2.45) is 0 Å². The molecule has 11 heteroatoms. The first-order valence-electron chi connectivity index (χ1n) is 15.6. The lowest BCUT2D eigenvalue weighted by atomic mass is 10.0. The van der Waals surface area contributed by atoms with Crippen LogP contribution >= 0.6 is 11.5 Å². The average molecular weight is 608 g/mol. The summed E-state index contributed by atoms with van der Waals surface area (Å²) in [6.07, 6.45) is 17.8. The fourth-order valence-electron chi connectivity index (χ4n) is 5.51. The van der Waals surface area contributed by atoms with Gasteiger partial charge in [0.2, 0.25) is 15.2 Å². The SMILES string of the molecule is CCCCCCCCCCCCCCCCS(=O)(=O)N1CCN(c2nc(Cc3ccccc3[N+](=O)[O-])ns2)C(C)C1. The predicted molar refractivity (Wildman–Crippen MR) is 168 cm³/mol. The van der Waals surface area contributed by atoms with Crippen molar-refractivity contribution >= 4 is 32.4 Å². The Morgan fingerprint density at radius 2 is 1.51 bits per heavy atom. The van der Waals surface area contributed by atoms with E-state index in [1.807, 2.05) is 6.92 Å². The number of para-hydroxylation sites is 1. The molecule has 0 spiro atoms. The molecule has 0 amide bonds. The van der Waals surface area contributed by atoms with E-state index in [0.717, 1.165) is 24.4 Å². The first kappa shape index (κ1) is 33.4. The molecule has 3 rings (SSSR count). The second kappa shape index (κ2) is 17.8. The highest BCUT2D eigenvalue weighted by Crippen LogP contribution is 2.27. The molecule has 2 heterocycles. The predicted octanol–water partition coefficient (Wildman–Crippen LogP) is 7.36. The minimum absolute atomic E-state index is 0.0262. The van der Waals surface area contributed by atoms with Crippen LogP contribution in [0.1, 0.15) is 115 Å². The van der Waals surface area contributed by atoms with Gasteiger partial charge >= 0.3 is 0 Å². The number of nitrogens with zero attached hydrogens (tertiary/aromatic N) is 5. The molecule has 1 aliphatic rings. The first-order valence-corrected chi connectivity index (χ1v) is 18.0. The van der Waals surface area contributed by atoms with Gasteiger partial charge in [0.25, 0.3) is 5.69 Å². The quantitative estimate of drug-likeness (QED) is 0.0879. The van der Waals surface area contributed by atoms with E-state index in [4.69, 9.17) is 0 Å². The number of piperazine rings is 1. The number of anilines is 1. The van der Waals surface area contributed by atoms with E-state index < -0.39 is 10.0 Å². The molecule has 0 saturated carbocycles. The minimum Gasteiger partial charge on any atom is -0.342 e. The average Bonchev–Trinajstić information content (AvgIpc) is 3.41. The number of hydrogen-bond donors (Lipinski definition) is 0. The van der Waals surface area contributed by atoms with Gasteiger partial charge in [-0.1, -0.05) is 109 Å². The Labute approximate surface area is 251 Å². The number of benzene rings is 1. The van der Waals surface area contributed by atoms with E-state index in [-0.39, 0.29) is 28.8 Å². The maximum atomic E-state index is 13.0. The van der Waals surface area contributed by atoms with Gasteiger partial charge in [-0.3, -0.25) is 10.1 Å². The number of sulfonamides is 1. The number of nitro groups is 1. The lowest BCUT2D eigenvalue weighted by Gasteiger charge is -2.38. The highest BCUT2D eigenvalue weighted by Gasteiger charge is 2.32. The van der Waals surface area contributed by atoms with E-state index in [9.17, 15) is 18.5 Å². The third kappa shape index (κ3) is 11.2. The lowest BCUT2D eigenvalue weighted by molar-refractivity contribution is -0.385. The third-order valence-electron chi connectivity index (χ3n) is 7.98. The smallest absolute Gasteiger partial charge is 0.273 e. The van der Waals surface area contributed by atoms with Crippen LogP contribution in [0.2, 0.25) is 0 Å². The molecule has 2 aromatic rings. The Balaban J connectivity index is 1.32. The number of unbranched alkanes of at least 4 members (excludes halogenated alkanes) is 13. The molecule has 1 unspecified atom stereocenters. The van der Waals surface area contributed by atoms with Crippen LogP contribution in [0.3, 0.4) is 0 Å². The van der Waals surface area contributed by atoms with E-state index >= 15 is 0 Å². The Bertz CT molecular complexity index is 1160. The molecule has 0 radical (unpaired) electrons. The number of nitro benzene ring substituents is 1. The van der Waals surface area contributed by atoms with E-state index in [1.165, 1.54) is 88.2 Å². The summed E-state index contributed by atoms with van der Waals surface area (Å²) in [7, 11) is -3.28. The molecular weight excluding hydrogens is 558 g/mol. The summed E-state index contributed by atoms with van der Waals surface area (Å²) in [6, 6.07) is 6.61. The monoisotopic (exact) mass is 607 g/mol. The van der Waals surface area contributed by atoms with Crippen LogP contribution in [0.15, 0.2) is 24.3 Å². The molecule has 1 aliphatic heterocycles. The molecule has 0 aliphatic carbocycles. The van der Waals surface area contributed by atoms with Crippen molar-refractivity contribution in [3.05, 3.63) is 45.8 Å². The maximum absolute atomic E-state index is 13.0. The Kier molecular flexibility index (Phi) is 14.5. The third-order valence-corrected chi connectivity index (χ3v) is 10.7. The van der Waals surface area contributed by atoms with Crippen LogP contribution in [-0.2, 0) is 16.4 Å². The first-order chi connectivity index (χ1) is 19.8. The van der Waals surface area contributed by atoms with Crippen LogP contribution < -0.4 is 4.90 Å². The molecule has 1 aromatic carbocycles. The minimum atomic E-state index is -3.28. The van der Waals surface area contributed by atoms with Crippen molar-refractivity contribution in [1.82, 2.24) is 13.7 Å². The van der Waals surface area contributed by atoms with Gasteiger partial charge in [-0.05, 0) is 13.3 Å². The van der Waals surface area contributed by atoms with Gasteiger partial charge in [-0.25, -0.2) is 13.4 Å². The van der Waals surface area contributed by atoms with Crippen LogP contribution in [0.25, 0.3) is 0 Å². The van der Waals surface area contributed by atoms with Gasteiger partial charge in [0.15, 0.2) is 0 Å². The molecule has 0 bridgehead atoms. The van der Waals surface area contributed by atoms with Gasteiger partial charge in [-0.15, -0.1) is 0 Å². The van der Waals surface area contributed by atoms with Gasteiger partial charge in [0.05, 0.1) is 10.7 Å². The van der Waals surface area contributed by atoms with E-state index in [0.29, 0.717) is 31.0 Å². The normalized spacial score (nSPS) is 16.3. The molecular formula is C30H49N5O4S2. The zero-order chi connectivity index (χ0) is 29.5.